The van der Waals surface area contributed by atoms with Gasteiger partial charge in [-0.15, -0.1) is 0 Å². The molecule has 30 heavy (non-hydrogen) atoms. The number of hydrogen-bond acceptors (Lipinski definition) is 4. The quantitative estimate of drug-likeness (QED) is 0.515. The molecule has 0 spiro atoms. The van der Waals surface area contributed by atoms with Crippen molar-refractivity contribution in [1.82, 2.24) is 15.0 Å². The van der Waals surface area contributed by atoms with Gasteiger partial charge in [-0.1, -0.05) is 47.1 Å². The van der Waals surface area contributed by atoms with Crippen molar-refractivity contribution in [2.45, 2.75) is 45.1 Å². The van der Waals surface area contributed by atoms with E-state index in [-0.39, 0.29) is 11.9 Å². The van der Waals surface area contributed by atoms with Crippen LogP contribution >= 0.6 is 0 Å². The molecule has 1 aliphatic carbocycles. The van der Waals surface area contributed by atoms with Gasteiger partial charge in [-0.3, -0.25) is 0 Å². The summed E-state index contributed by atoms with van der Waals surface area (Å²) in [6, 6.07) is 15.5. The highest BCUT2D eigenvalue weighted by molar-refractivity contribution is 5.54. The Labute approximate surface area is 178 Å². The molecular formula is C25H30FN3O. The molecule has 5 heteroatoms. The van der Waals surface area contributed by atoms with Crippen molar-refractivity contribution in [3.8, 4) is 11.4 Å². The first kappa shape index (κ1) is 20.7. The first-order valence-electron chi connectivity index (χ1n) is 10.8. The molecule has 0 radical (unpaired) electrons. The molecule has 158 valence electrons. The fourth-order valence-electron chi connectivity index (χ4n) is 4.80. The van der Waals surface area contributed by atoms with Crippen molar-refractivity contribution in [3.05, 3.63) is 71.4 Å². The summed E-state index contributed by atoms with van der Waals surface area (Å²) in [5.74, 6) is 2.32. The Bertz CT molecular complexity index is 959. The van der Waals surface area contributed by atoms with Gasteiger partial charge in [-0.05, 0) is 76.2 Å². The summed E-state index contributed by atoms with van der Waals surface area (Å²) in [5.41, 5.74) is 3.28. The first-order chi connectivity index (χ1) is 14.5. The highest BCUT2D eigenvalue weighted by Crippen LogP contribution is 2.40. The highest BCUT2D eigenvalue weighted by Gasteiger charge is 2.31. The van der Waals surface area contributed by atoms with Crippen molar-refractivity contribution in [3.63, 3.8) is 0 Å². The summed E-state index contributed by atoms with van der Waals surface area (Å²) in [6.07, 6.45) is 5.35. The van der Waals surface area contributed by atoms with Gasteiger partial charge in [0.15, 0.2) is 0 Å². The average Bonchev–Trinajstić information content (AvgIpc) is 3.18. The zero-order chi connectivity index (χ0) is 21.1. The average molecular weight is 408 g/mol. The number of hydrogen-bond donors (Lipinski definition) is 0. The Balaban J connectivity index is 1.37. The summed E-state index contributed by atoms with van der Waals surface area (Å²) >= 11 is 0. The summed E-state index contributed by atoms with van der Waals surface area (Å²) in [6.45, 7) is 2.07. The molecule has 4 rings (SSSR count). The Morgan fingerprint density at radius 2 is 1.80 bits per heavy atom. The first-order valence-corrected chi connectivity index (χ1v) is 10.8. The Morgan fingerprint density at radius 3 is 2.47 bits per heavy atom. The van der Waals surface area contributed by atoms with Crippen LogP contribution in [0, 0.1) is 24.6 Å². The number of aromatic nitrogens is 2. The van der Waals surface area contributed by atoms with Crippen molar-refractivity contribution in [1.29, 1.82) is 0 Å². The van der Waals surface area contributed by atoms with E-state index in [9.17, 15) is 4.39 Å². The van der Waals surface area contributed by atoms with Gasteiger partial charge in [0.05, 0.1) is 0 Å². The number of benzene rings is 2. The van der Waals surface area contributed by atoms with E-state index in [1.807, 2.05) is 24.3 Å². The van der Waals surface area contributed by atoms with E-state index in [4.69, 9.17) is 4.52 Å². The second kappa shape index (κ2) is 9.09. The van der Waals surface area contributed by atoms with Crippen molar-refractivity contribution in [2.75, 3.05) is 14.1 Å². The maximum Gasteiger partial charge on any atom is 0.227 e. The summed E-state index contributed by atoms with van der Waals surface area (Å²) in [5, 5.41) is 4.17. The predicted octanol–water partition coefficient (Wildman–Crippen LogP) is 5.84. The summed E-state index contributed by atoms with van der Waals surface area (Å²) in [4.78, 5) is 6.84. The van der Waals surface area contributed by atoms with Gasteiger partial charge in [0.1, 0.15) is 5.82 Å². The SMILES string of the molecule is Cc1ccc(-c2noc(CC3CCC(C(c4cccc(F)c4)N(C)C)CC3)n2)cc1. The fraction of sp³-hybridized carbons (Fsp3) is 0.440. The molecule has 0 saturated heterocycles. The Kier molecular flexibility index (Phi) is 6.28. The Hall–Kier alpha value is -2.53. The number of nitrogens with zero attached hydrogens (tertiary/aromatic N) is 3. The second-order valence-electron chi connectivity index (χ2n) is 8.83. The Morgan fingerprint density at radius 1 is 1.07 bits per heavy atom. The van der Waals surface area contributed by atoms with Crippen LogP contribution in [0.3, 0.4) is 0 Å². The van der Waals surface area contributed by atoms with E-state index in [1.165, 1.54) is 11.6 Å². The van der Waals surface area contributed by atoms with Gasteiger partial charge < -0.3 is 9.42 Å². The number of halogens is 1. The van der Waals surface area contributed by atoms with E-state index in [0.29, 0.717) is 17.7 Å². The van der Waals surface area contributed by atoms with E-state index >= 15 is 0 Å². The van der Waals surface area contributed by atoms with E-state index in [2.05, 4.69) is 48.2 Å². The molecule has 0 aliphatic heterocycles. The second-order valence-corrected chi connectivity index (χ2v) is 8.83. The van der Waals surface area contributed by atoms with Crippen molar-refractivity contribution >= 4 is 0 Å². The largest absolute Gasteiger partial charge is 0.339 e. The molecule has 0 amide bonds. The molecule has 0 N–H and O–H groups in total. The van der Waals surface area contributed by atoms with Gasteiger partial charge in [-0.25, -0.2) is 4.39 Å². The van der Waals surface area contributed by atoms with Gasteiger partial charge >= 0.3 is 0 Å². The van der Waals surface area contributed by atoms with Crippen LogP contribution in [0.5, 0.6) is 0 Å². The topological polar surface area (TPSA) is 42.2 Å². The third-order valence-electron chi connectivity index (χ3n) is 6.33. The smallest absolute Gasteiger partial charge is 0.227 e. The third-order valence-corrected chi connectivity index (χ3v) is 6.33. The molecule has 2 aromatic carbocycles. The third kappa shape index (κ3) is 4.78. The minimum absolute atomic E-state index is 0.159. The monoisotopic (exact) mass is 407 g/mol. The van der Waals surface area contributed by atoms with Crippen LogP contribution in [0.2, 0.25) is 0 Å². The highest BCUT2D eigenvalue weighted by atomic mass is 19.1. The van der Waals surface area contributed by atoms with Crippen LogP contribution < -0.4 is 0 Å². The molecule has 0 bridgehead atoms. The van der Waals surface area contributed by atoms with Crippen molar-refractivity contribution < 1.29 is 8.91 Å². The molecule has 1 saturated carbocycles. The molecule has 1 heterocycles. The van der Waals surface area contributed by atoms with Gasteiger partial charge in [0.2, 0.25) is 11.7 Å². The predicted molar refractivity (Wildman–Crippen MR) is 116 cm³/mol. The van der Waals surface area contributed by atoms with Gasteiger partial charge in [-0.2, -0.15) is 4.98 Å². The van der Waals surface area contributed by atoms with E-state index in [1.54, 1.807) is 6.07 Å². The van der Waals surface area contributed by atoms with Crippen LogP contribution in [-0.2, 0) is 6.42 Å². The molecule has 3 aromatic rings. The molecule has 1 aliphatic rings. The minimum Gasteiger partial charge on any atom is -0.339 e. The molecule has 4 nitrogen and oxygen atoms in total. The lowest BCUT2D eigenvalue weighted by atomic mass is 9.75. The molecule has 1 aromatic heterocycles. The van der Waals surface area contributed by atoms with Crippen LogP contribution in [0.25, 0.3) is 11.4 Å². The summed E-state index contributed by atoms with van der Waals surface area (Å²) in [7, 11) is 4.18. The van der Waals surface area contributed by atoms with Crippen LogP contribution in [0.4, 0.5) is 4.39 Å². The van der Waals surface area contributed by atoms with Crippen LogP contribution in [0.1, 0.15) is 48.7 Å². The zero-order valence-corrected chi connectivity index (χ0v) is 18.0. The van der Waals surface area contributed by atoms with Crippen molar-refractivity contribution in [2.24, 2.45) is 11.8 Å². The number of aryl methyl sites for hydroxylation is 1. The lowest BCUT2D eigenvalue weighted by Crippen LogP contribution is -2.30. The molecular weight excluding hydrogens is 377 g/mol. The minimum atomic E-state index is -0.159. The maximum absolute atomic E-state index is 13.8. The lowest BCUT2D eigenvalue weighted by Gasteiger charge is -2.37. The van der Waals surface area contributed by atoms with Gasteiger partial charge in [0.25, 0.3) is 0 Å². The maximum atomic E-state index is 13.8. The zero-order valence-electron chi connectivity index (χ0n) is 18.0. The lowest BCUT2D eigenvalue weighted by molar-refractivity contribution is 0.145. The fourth-order valence-corrected chi connectivity index (χ4v) is 4.80. The van der Waals surface area contributed by atoms with E-state index < -0.39 is 0 Å². The standard InChI is InChI=1S/C25H30FN3O/c1-17-7-11-20(12-8-17)25-27-23(30-28-25)15-18-9-13-19(14-10-18)24(29(2)3)21-5-4-6-22(26)16-21/h4-8,11-12,16,18-19,24H,9-10,13-15H2,1-3H3. The molecule has 1 atom stereocenters. The van der Waals surface area contributed by atoms with Crippen LogP contribution in [-0.4, -0.2) is 29.1 Å². The normalized spacial score (nSPS) is 20.4. The van der Waals surface area contributed by atoms with E-state index in [0.717, 1.165) is 49.1 Å². The van der Waals surface area contributed by atoms with Crippen LogP contribution in [0.15, 0.2) is 53.1 Å². The summed E-state index contributed by atoms with van der Waals surface area (Å²) < 4.78 is 19.3. The number of rotatable bonds is 6. The van der Waals surface area contributed by atoms with Gasteiger partial charge in [0, 0.05) is 18.0 Å². The molecule has 1 unspecified atom stereocenters. The molecule has 1 fully saturated rings.